The van der Waals surface area contributed by atoms with E-state index in [2.05, 4.69) is 15.0 Å². The number of aromatic nitrogens is 3. The van der Waals surface area contributed by atoms with Crippen molar-refractivity contribution < 1.29 is 9.90 Å². The Kier molecular flexibility index (Phi) is 2.47. The topological polar surface area (TPSA) is 82.1 Å². The van der Waals surface area contributed by atoms with Crippen LogP contribution in [0.2, 0.25) is 0 Å². The van der Waals surface area contributed by atoms with E-state index in [9.17, 15) is 4.79 Å². The van der Waals surface area contributed by atoms with Crippen LogP contribution in [0.3, 0.4) is 0 Å². The van der Waals surface area contributed by atoms with Crippen molar-refractivity contribution in [2.45, 2.75) is 6.92 Å². The van der Waals surface area contributed by atoms with E-state index in [-0.39, 0.29) is 5.82 Å². The third-order valence-corrected chi connectivity index (χ3v) is 2.42. The number of imidazole rings is 1. The van der Waals surface area contributed by atoms with Gasteiger partial charge in [-0.1, -0.05) is 0 Å². The van der Waals surface area contributed by atoms with Gasteiger partial charge in [-0.15, -0.1) is 0 Å². The largest absolute Gasteiger partial charge is 0.475 e. The molecule has 0 fully saturated rings. The molecule has 6 nitrogen and oxygen atoms in total. The summed E-state index contributed by atoms with van der Waals surface area (Å²) in [7, 11) is 1.92. The Morgan fingerprint density at radius 2 is 2.38 bits per heavy atom. The van der Waals surface area contributed by atoms with Crippen LogP contribution >= 0.6 is 0 Å². The summed E-state index contributed by atoms with van der Waals surface area (Å²) in [6, 6.07) is 1.77. The Morgan fingerprint density at radius 3 is 3.00 bits per heavy atom. The van der Waals surface area contributed by atoms with Crippen molar-refractivity contribution >= 4 is 22.8 Å². The molecule has 2 aromatic heterocycles. The predicted molar refractivity (Wildman–Crippen MR) is 59.8 cm³/mol. The summed E-state index contributed by atoms with van der Waals surface area (Å²) in [5, 5.41) is 8.79. The van der Waals surface area contributed by atoms with Gasteiger partial charge in [-0.3, -0.25) is 0 Å². The molecule has 16 heavy (non-hydrogen) atoms. The van der Waals surface area contributed by atoms with Gasteiger partial charge in [0.2, 0.25) is 5.82 Å². The summed E-state index contributed by atoms with van der Waals surface area (Å²) >= 11 is 0. The molecular weight excluding hydrogens is 208 g/mol. The lowest BCUT2D eigenvalue weighted by atomic mass is 10.4. The fourth-order valence-corrected chi connectivity index (χ4v) is 1.37. The molecule has 0 radical (unpaired) electrons. The van der Waals surface area contributed by atoms with Crippen LogP contribution in [0.25, 0.3) is 11.0 Å². The van der Waals surface area contributed by atoms with Crippen LogP contribution in [0, 0.1) is 0 Å². The molecule has 2 N–H and O–H groups in total. The predicted octanol–water partition coefficient (Wildman–Crippen LogP) is 1.11. The molecule has 0 saturated heterocycles. The van der Waals surface area contributed by atoms with Crippen LogP contribution in [0.5, 0.6) is 0 Å². The maximum Gasteiger partial charge on any atom is 0.371 e. The molecule has 84 valence electrons. The minimum absolute atomic E-state index is 0.0619. The van der Waals surface area contributed by atoms with Crippen molar-refractivity contribution in [1.29, 1.82) is 0 Å². The van der Waals surface area contributed by atoms with Crippen molar-refractivity contribution in [1.82, 2.24) is 15.0 Å². The molecule has 2 rings (SSSR count). The Balaban J connectivity index is 2.49. The zero-order valence-corrected chi connectivity index (χ0v) is 9.06. The van der Waals surface area contributed by atoms with E-state index in [0.29, 0.717) is 11.0 Å². The maximum absolute atomic E-state index is 10.7. The third-order valence-electron chi connectivity index (χ3n) is 2.42. The van der Waals surface area contributed by atoms with E-state index in [4.69, 9.17) is 5.11 Å². The number of hydrogen-bond acceptors (Lipinski definition) is 4. The molecule has 0 amide bonds. The second kappa shape index (κ2) is 3.80. The summed E-state index contributed by atoms with van der Waals surface area (Å²) in [6.45, 7) is 2.84. The highest BCUT2D eigenvalue weighted by Gasteiger charge is 2.10. The minimum atomic E-state index is -1.07. The lowest BCUT2D eigenvalue weighted by Crippen LogP contribution is -2.16. The number of aromatic carboxylic acids is 1. The van der Waals surface area contributed by atoms with E-state index in [0.717, 1.165) is 12.4 Å². The first-order valence-corrected chi connectivity index (χ1v) is 4.92. The number of anilines is 1. The van der Waals surface area contributed by atoms with Crippen LogP contribution in [-0.4, -0.2) is 39.6 Å². The number of hydrogen-bond donors (Lipinski definition) is 2. The first kappa shape index (κ1) is 10.4. The molecular formula is C10H12N4O2. The van der Waals surface area contributed by atoms with Gasteiger partial charge in [-0.25, -0.2) is 14.8 Å². The molecule has 0 bridgehead atoms. The molecule has 0 aliphatic rings. The molecule has 0 atom stereocenters. The van der Waals surface area contributed by atoms with Gasteiger partial charge in [0.1, 0.15) is 5.82 Å². The molecule has 0 unspecified atom stereocenters. The average Bonchev–Trinajstić information content (AvgIpc) is 2.70. The van der Waals surface area contributed by atoms with Crippen molar-refractivity contribution in [2.24, 2.45) is 0 Å². The molecule has 2 heterocycles. The molecule has 2 aromatic rings. The quantitative estimate of drug-likeness (QED) is 0.809. The number of carboxylic acid groups (broad SMARTS) is 1. The highest BCUT2D eigenvalue weighted by molar-refractivity contribution is 5.89. The highest BCUT2D eigenvalue weighted by Crippen LogP contribution is 2.16. The molecule has 0 aromatic carbocycles. The number of nitrogens with one attached hydrogen (secondary N) is 1. The smallest absolute Gasteiger partial charge is 0.371 e. The zero-order chi connectivity index (χ0) is 11.7. The van der Waals surface area contributed by atoms with E-state index in [1.807, 2.05) is 18.9 Å². The SMILES string of the molecule is CCN(C)c1cc2nc(C(=O)O)[nH]c2cn1. The normalized spacial score (nSPS) is 10.6. The van der Waals surface area contributed by atoms with Crippen molar-refractivity contribution in [3.05, 3.63) is 18.1 Å². The Hall–Kier alpha value is -2.11. The standard InChI is InChI=1S/C10H12N4O2/c1-3-14(2)8-4-6-7(5-11-8)13-9(12-6)10(15)16/h4-5H,3H2,1-2H3,(H,12,13)(H,15,16). The molecule has 0 saturated carbocycles. The van der Waals surface area contributed by atoms with Gasteiger partial charge >= 0.3 is 5.97 Å². The number of aromatic amines is 1. The van der Waals surface area contributed by atoms with Gasteiger partial charge in [-0.05, 0) is 6.92 Å². The first-order chi connectivity index (χ1) is 7.61. The van der Waals surface area contributed by atoms with Crippen LogP contribution < -0.4 is 4.90 Å². The van der Waals surface area contributed by atoms with Crippen molar-refractivity contribution in [3.63, 3.8) is 0 Å². The molecule has 0 spiro atoms. The summed E-state index contributed by atoms with van der Waals surface area (Å²) in [4.78, 5) is 23.5. The fraction of sp³-hybridized carbons (Fsp3) is 0.300. The number of carbonyl (C=O) groups is 1. The van der Waals surface area contributed by atoms with Gasteiger partial charge in [0.15, 0.2) is 0 Å². The van der Waals surface area contributed by atoms with Gasteiger partial charge in [0.25, 0.3) is 0 Å². The zero-order valence-electron chi connectivity index (χ0n) is 9.06. The van der Waals surface area contributed by atoms with Crippen LogP contribution in [0.4, 0.5) is 5.82 Å². The van der Waals surface area contributed by atoms with E-state index >= 15 is 0 Å². The second-order valence-corrected chi connectivity index (χ2v) is 3.46. The van der Waals surface area contributed by atoms with E-state index in [1.54, 1.807) is 12.3 Å². The maximum atomic E-state index is 10.7. The number of pyridine rings is 1. The number of nitrogens with zero attached hydrogens (tertiary/aromatic N) is 3. The van der Waals surface area contributed by atoms with Gasteiger partial charge in [0, 0.05) is 19.7 Å². The highest BCUT2D eigenvalue weighted by atomic mass is 16.4. The number of carboxylic acids is 1. The summed E-state index contributed by atoms with van der Waals surface area (Å²) in [6.07, 6.45) is 1.59. The number of rotatable bonds is 3. The monoisotopic (exact) mass is 220 g/mol. The Morgan fingerprint density at radius 1 is 1.62 bits per heavy atom. The van der Waals surface area contributed by atoms with Gasteiger partial charge in [-0.2, -0.15) is 0 Å². The average molecular weight is 220 g/mol. The fourth-order valence-electron chi connectivity index (χ4n) is 1.37. The van der Waals surface area contributed by atoms with Gasteiger partial charge < -0.3 is 15.0 Å². The van der Waals surface area contributed by atoms with Crippen molar-refractivity contribution in [3.8, 4) is 0 Å². The lowest BCUT2D eigenvalue weighted by Gasteiger charge is -2.14. The minimum Gasteiger partial charge on any atom is -0.475 e. The van der Waals surface area contributed by atoms with E-state index < -0.39 is 5.97 Å². The van der Waals surface area contributed by atoms with Crippen molar-refractivity contribution in [2.75, 3.05) is 18.5 Å². The van der Waals surface area contributed by atoms with Crippen LogP contribution in [-0.2, 0) is 0 Å². The first-order valence-electron chi connectivity index (χ1n) is 4.92. The summed E-state index contributed by atoms with van der Waals surface area (Å²) in [5.74, 6) is -0.354. The summed E-state index contributed by atoms with van der Waals surface area (Å²) < 4.78 is 0. The number of H-pyrrole nitrogens is 1. The number of fused-ring (bicyclic) bond motifs is 1. The lowest BCUT2D eigenvalue weighted by molar-refractivity contribution is 0.0685. The Bertz CT molecular complexity index is 535. The Labute approximate surface area is 91.9 Å². The van der Waals surface area contributed by atoms with Crippen LogP contribution in [0.1, 0.15) is 17.5 Å². The van der Waals surface area contributed by atoms with Crippen LogP contribution in [0.15, 0.2) is 12.3 Å². The van der Waals surface area contributed by atoms with Gasteiger partial charge in [0.05, 0.1) is 17.2 Å². The van der Waals surface area contributed by atoms with E-state index in [1.165, 1.54) is 0 Å². The molecule has 0 aliphatic carbocycles. The molecule has 6 heteroatoms. The third kappa shape index (κ3) is 1.69. The molecule has 0 aliphatic heterocycles. The summed E-state index contributed by atoms with van der Waals surface area (Å²) in [5.41, 5.74) is 1.24. The second-order valence-electron chi connectivity index (χ2n) is 3.46.